The van der Waals surface area contributed by atoms with Crippen LogP contribution in [0.25, 0.3) is 5.69 Å². The Hall–Kier alpha value is -2.92. The monoisotopic (exact) mass is 222 g/mol. The Balaban J connectivity index is 2.76. The highest BCUT2D eigenvalue weighted by atomic mass is 16.1. The van der Waals surface area contributed by atoms with Crippen molar-refractivity contribution in [1.82, 2.24) is 9.55 Å². The van der Waals surface area contributed by atoms with Gasteiger partial charge in [0.2, 0.25) is 5.69 Å². The maximum atomic E-state index is 11.8. The van der Waals surface area contributed by atoms with E-state index in [-0.39, 0.29) is 11.4 Å². The van der Waals surface area contributed by atoms with Crippen molar-refractivity contribution in [3.05, 3.63) is 58.3 Å². The third kappa shape index (κ3) is 1.90. The topological polar surface area (TPSA) is 82.5 Å². The zero-order valence-electron chi connectivity index (χ0n) is 8.66. The van der Waals surface area contributed by atoms with Crippen LogP contribution in [0.5, 0.6) is 0 Å². The third-order valence-corrected chi connectivity index (χ3v) is 2.16. The average molecular weight is 222 g/mol. The Morgan fingerprint density at radius 2 is 1.82 bits per heavy atom. The molecule has 1 aromatic heterocycles. The minimum Gasteiger partial charge on any atom is -0.279 e. The predicted molar refractivity (Wildman–Crippen MR) is 59.3 cm³/mol. The molecule has 1 aromatic carbocycles. The maximum Gasteiger partial charge on any atom is 0.291 e. The van der Waals surface area contributed by atoms with Crippen molar-refractivity contribution in [2.45, 2.75) is 0 Å². The lowest BCUT2D eigenvalue weighted by atomic mass is 10.3. The molecule has 0 unspecified atom stereocenters. The predicted octanol–water partition coefficient (Wildman–Crippen LogP) is 0.976. The van der Waals surface area contributed by atoms with Gasteiger partial charge >= 0.3 is 0 Å². The van der Waals surface area contributed by atoms with E-state index in [1.807, 2.05) is 12.1 Å². The minimum absolute atomic E-state index is 0.0324. The van der Waals surface area contributed by atoms with Crippen molar-refractivity contribution in [2.24, 2.45) is 0 Å². The third-order valence-electron chi connectivity index (χ3n) is 2.16. The maximum absolute atomic E-state index is 11.8. The van der Waals surface area contributed by atoms with Gasteiger partial charge in [-0.05, 0) is 12.1 Å². The molecule has 1 heterocycles. The van der Waals surface area contributed by atoms with E-state index in [1.165, 1.54) is 10.8 Å². The van der Waals surface area contributed by atoms with Crippen molar-refractivity contribution in [2.75, 3.05) is 0 Å². The first-order valence-corrected chi connectivity index (χ1v) is 4.75. The fraction of sp³-hybridized carbons (Fsp3) is 0. The van der Waals surface area contributed by atoms with Crippen LogP contribution in [0.15, 0.2) is 41.3 Å². The van der Waals surface area contributed by atoms with Crippen LogP contribution in [0.3, 0.4) is 0 Å². The van der Waals surface area contributed by atoms with Gasteiger partial charge in [0.25, 0.3) is 5.56 Å². The van der Waals surface area contributed by atoms with E-state index in [4.69, 9.17) is 10.5 Å². The standard InChI is InChI=1S/C12H6N4O/c13-6-9-8-16(10-4-2-1-3-5-10)12(17)11(7-14)15-9/h1-5,8H. The number of benzene rings is 1. The molecular formula is C12H6N4O. The van der Waals surface area contributed by atoms with Gasteiger partial charge in [-0.2, -0.15) is 10.5 Å². The van der Waals surface area contributed by atoms with E-state index in [0.717, 1.165) is 0 Å². The van der Waals surface area contributed by atoms with Gasteiger partial charge in [-0.15, -0.1) is 0 Å². The molecular weight excluding hydrogens is 216 g/mol. The highest BCUT2D eigenvalue weighted by Gasteiger charge is 2.08. The van der Waals surface area contributed by atoms with Gasteiger partial charge in [0.15, 0.2) is 5.69 Å². The molecule has 0 aliphatic heterocycles. The molecule has 5 heteroatoms. The second-order valence-corrected chi connectivity index (χ2v) is 3.21. The Morgan fingerprint density at radius 1 is 1.12 bits per heavy atom. The summed E-state index contributed by atoms with van der Waals surface area (Å²) in [6, 6.07) is 12.3. The SMILES string of the molecule is N#Cc1cn(-c2ccccc2)c(=O)c(C#N)n1. The molecule has 0 amide bonds. The first kappa shape index (κ1) is 10.6. The summed E-state index contributed by atoms with van der Waals surface area (Å²) in [4.78, 5) is 15.5. The molecule has 0 atom stereocenters. The quantitative estimate of drug-likeness (QED) is 0.719. The van der Waals surface area contributed by atoms with Crippen molar-refractivity contribution >= 4 is 0 Å². The van der Waals surface area contributed by atoms with Crippen LogP contribution in [-0.4, -0.2) is 9.55 Å². The van der Waals surface area contributed by atoms with Gasteiger partial charge in [-0.25, -0.2) is 4.98 Å². The van der Waals surface area contributed by atoms with E-state index >= 15 is 0 Å². The molecule has 0 fully saturated rings. The van der Waals surface area contributed by atoms with Crippen LogP contribution in [0.4, 0.5) is 0 Å². The Morgan fingerprint density at radius 3 is 2.41 bits per heavy atom. The Kier molecular flexibility index (Phi) is 2.68. The summed E-state index contributed by atoms with van der Waals surface area (Å²) in [6.45, 7) is 0. The van der Waals surface area contributed by atoms with Gasteiger partial charge in [-0.3, -0.25) is 9.36 Å². The molecule has 17 heavy (non-hydrogen) atoms. The first-order valence-electron chi connectivity index (χ1n) is 4.75. The molecule has 0 saturated carbocycles. The van der Waals surface area contributed by atoms with Gasteiger partial charge in [-0.1, -0.05) is 18.2 Å². The molecule has 2 aromatic rings. The summed E-state index contributed by atoms with van der Waals surface area (Å²) < 4.78 is 1.24. The lowest BCUT2D eigenvalue weighted by molar-refractivity contribution is 0.932. The molecule has 0 saturated heterocycles. The van der Waals surface area contributed by atoms with Gasteiger partial charge in [0, 0.05) is 11.9 Å². The summed E-state index contributed by atoms with van der Waals surface area (Å²) in [6.07, 6.45) is 1.32. The van der Waals surface area contributed by atoms with E-state index in [0.29, 0.717) is 5.69 Å². The molecule has 80 valence electrons. The molecule has 0 bridgehead atoms. The zero-order valence-corrected chi connectivity index (χ0v) is 8.66. The fourth-order valence-electron chi connectivity index (χ4n) is 1.40. The van der Waals surface area contributed by atoms with Crippen LogP contribution < -0.4 is 5.56 Å². The normalized spacial score (nSPS) is 9.29. The van der Waals surface area contributed by atoms with Crippen molar-refractivity contribution in [3.63, 3.8) is 0 Å². The van der Waals surface area contributed by atoms with Crippen LogP contribution in [-0.2, 0) is 0 Å². The van der Waals surface area contributed by atoms with Gasteiger partial charge in [0.1, 0.15) is 12.1 Å². The minimum atomic E-state index is -0.530. The smallest absolute Gasteiger partial charge is 0.279 e. The number of hydrogen-bond acceptors (Lipinski definition) is 4. The highest BCUT2D eigenvalue weighted by Crippen LogP contribution is 2.04. The number of para-hydroxylation sites is 1. The van der Waals surface area contributed by atoms with Crippen LogP contribution in [0.2, 0.25) is 0 Å². The Bertz CT molecular complexity index is 689. The van der Waals surface area contributed by atoms with E-state index in [9.17, 15) is 4.79 Å². The number of hydrogen-bond donors (Lipinski definition) is 0. The summed E-state index contributed by atoms with van der Waals surface area (Å²) in [5, 5.41) is 17.6. The summed E-state index contributed by atoms with van der Waals surface area (Å²) >= 11 is 0. The summed E-state index contributed by atoms with van der Waals surface area (Å²) in [5.74, 6) is 0. The fourth-order valence-corrected chi connectivity index (χ4v) is 1.40. The van der Waals surface area contributed by atoms with Crippen LogP contribution in [0.1, 0.15) is 11.4 Å². The molecule has 0 aliphatic rings. The molecule has 0 aliphatic carbocycles. The average Bonchev–Trinajstić information content (AvgIpc) is 2.40. The van der Waals surface area contributed by atoms with Gasteiger partial charge < -0.3 is 0 Å². The van der Waals surface area contributed by atoms with Crippen molar-refractivity contribution < 1.29 is 0 Å². The van der Waals surface area contributed by atoms with Crippen molar-refractivity contribution in [3.8, 4) is 17.8 Å². The Labute approximate surface area is 96.8 Å². The highest BCUT2D eigenvalue weighted by molar-refractivity contribution is 5.36. The molecule has 0 spiro atoms. The van der Waals surface area contributed by atoms with Crippen molar-refractivity contribution in [1.29, 1.82) is 10.5 Å². The lowest BCUT2D eigenvalue weighted by Crippen LogP contribution is -2.22. The number of nitriles is 2. The zero-order chi connectivity index (χ0) is 12.3. The largest absolute Gasteiger partial charge is 0.291 e. The molecule has 0 N–H and O–H groups in total. The number of nitrogens with zero attached hydrogens (tertiary/aromatic N) is 4. The van der Waals surface area contributed by atoms with Crippen LogP contribution >= 0.6 is 0 Å². The van der Waals surface area contributed by atoms with E-state index in [2.05, 4.69) is 4.98 Å². The lowest BCUT2D eigenvalue weighted by Gasteiger charge is -2.05. The van der Waals surface area contributed by atoms with E-state index < -0.39 is 5.56 Å². The summed E-state index contributed by atoms with van der Waals surface area (Å²) in [5.41, 5.74) is -0.191. The molecule has 2 rings (SSSR count). The second-order valence-electron chi connectivity index (χ2n) is 3.21. The number of aromatic nitrogens is 2. The number of rotatable bonds is 1. The second kappa shape index (κ2) is 4.30. The molecule has 0 radical (unpaired) electrons. The van der Waals surface area contributed by atoms with Crippen LogP contribution in [0, 0.1) is 22.7 Å². The van der Waals surface area contributed by atoms with Gasteiger partial charge in [0.05, 0.1) is 0 Å². The summed E-state index contributed by atoms with van der Waals surface area (Å²) in [7, 11) is 0. The molecule has 5 nitrogen and oxygen atoms in total. The first-order chi connectivity index (χ1) is 8.26. The van der Waals surface area contributed by atoms with E-state index in [1.54, 1.807) is 30.3 Å².